The second kappa shape index (κ2) is 9.54. The summed E-state index contributed by atoms with van der Waals surface area (Å²) in [6.07, 6.45) is 1.90. The number of hydrogen-bond donors (Lipinski definition) is 2. The number of rotatable bonds is 8. The minimum atomic E-state index is -3.78. The van der Waals surface area contributed by atoms with Gasteiger partial charge in [-0.1, -0.05) is 37.6 Å². The normalized spacial score (nSPS) is 11.1. The minimum Gasteiger partial charge on any atom is -0.352 e. The van der Waals surface area contributed by atoms with E-state index in [1.165, 1.54) is 24.3 Å². The standard InChI is InChI=1S/C23H23FN2O3S/c1-2-3-16-25-23(27)19-6-12-21(13-7-19)26-30(28,29)22-14-8-18(9-15-22)17-4-10-20(24)11-5-17/h4-15,26H,2-3,16H2,1H3,(H,25,27). The lowest BCUT2D eigenvalue weighted by atomic mass is 10.1. The summed E-state index contributed by atoms with van der Waals surface area (Å²) in [6.45, 7) is 2.65. The van der Waals surface area contributed by atoms with E-state index in [1.54, 1.807) is 48.5 Å². The molecule has 3 aromatic carbocycles. The number of benzene rings is 3. The van der Waals surface area contributed by atoms with E-state index in [9.17, 15) is 17.6 Å². The number of sulfonamides is 1. The van der Waals surface area contributed by atoms with Crippen molar-refractivity contribution in [2.75, 3.05) is 11.3 Å². The molecule has 0 bridgehead atoms. The molecule has 0 aliphatic heterocycles. The van der Waals surface area contributed by atoms with Gasteiger partial charge in [-0.2, -0.15) is 0 Å². The highest BCUT2D eigenvalue weighted by Crippen LogP contribution is 2.23. The van der Waals surface area contributed by atoms with Gasteiger partial charge in [-0.3, -0.25) is 9.52 Å². The molecule has 5 nitrogen and oxygen atoms in total. The summed E-state index contributed by atoms with van der Waals surface area (Å²) in [5.41, 5.74) is 2.41. The first kappa shape index (κ1) is 21.5. The summed E-state index contributed by atoms with van der Waals surface area (Å²) in [4.78, 5) is 12.1. The van der Waals surface area contributed by atoms with Crippen LogP contribution in [0.1, 0.15) is 30.1 Å². The van der Waals surface area contributed by atoms with E-state index in [0.717, 1.165) is 24.0 Å². The molecular formula is C23H23FN2O3S. The number of nitrogens with one attached hydrogen (secondary N) is 2. The Balaban J connectivity index is 1.68. The number of carbonyl (C=O) groups excluding carboxylic acids is 1. The largest absolute Gasteiger partial charge is 0.352 e. The Morgan fingerprint density at radius 3 is 2.00 bits per heavy atom. The molecule has 2 N–H and O–H groups in total. The maximum absolute atomic E-state index is 13.1. The molecule has 0 heterocycles. The maximum Gasteiger partial charge on any atom is 0.261 e. The van der Waals surface area contributed by atoms with Gasteiger partial charge in [-0.25, -0.2) is 12.8 Å². The fourth-order valence-electron chi connectivity index (χ4n) is 2.85. The second-order valence-corrected chi connectivity index (χ2v) is 8.51. The molecule has 0 saturated carbocycles. The van der Waals surface area contributed by atoms with Crippen LogP contribution in [0.3, 0.4) is 0 Å². The van der Waals surface area contributed by atoms with E-state index in [0.29, 0.717) is 17.8 Å². The monoisotopic (exact) mass is 426 g/mol. The first-order valence-corrected chi connectivity index (χ1v) is 11.1. The van der Waals surface area contributed by atoms with Crippen molar-refractivity contribution in [1.29, 1.82) is 0 Å². The van der Waals surface area contributed by atoms with Crippen molar-refractivity contribution in [2.24, 2.45) is 0 Å². The van der Waals surface area contributed by atoms with Crippen molar-refractivity contribution in [2.45, 2.75) is 24.7 Å². The van der Waals surface area contributed by atoms with E-state index in [4.69, 9.17) is 0 Å². The first-order chi connectivity index (χ1) is 14.4. The Bertz CT molecular complexity index is 1090. The fourth-order valence-corrected chi connectivity index (χ4v) is 3.91. The molecule has 0 unspecified atom stereocenters. The van der Waals surface area contributed by atoms with Crippen LogP contribution in [0.25, 0.3) is 11.1 Å². The van der Waals surface area contributed by atoms with E-state index in [2.05, 4.69) is 10.0 Å². The van der Waals surface area contributed by atoms with Crippen molar-refractivity contribution in [3.8, 4) is 11.1 Å². The number of hydrogen-bond acceptors (Lipinski definition) is 3. The molecule has 0 aliphatic carbocycles. The van der Waals surface area contributed by atoms with Crippen molar-refractivity contribution >= 4 is 21.6 Å². The quantitative estimate of drug-likeness (QED) is 0.507. The van der Waals surface area contributed by atoms with Gasteiger partial charge in [0.15, 0.2) is 0 Å². The molecule has 0 spiro atoms. The van der Waals surface area contributed by atoms with Crippen LogP contribution in [0, 0.1) is 5.82 Å². The lowest BCUT2D eigenvalue weighted by Crippen LogP contribution is -2.24. The van der Waals surface area contributed by atoms with Crippen LogP contribution in [0.15, 0.2) is 77.7 Å². The second-order valence-electron chi connectivity index (χ2n) is 6.82. The molecule has 3 rings (SSSR count). The third-order valence-electron chi connectivity index (χ3n) is 4.56. The summed E-state index contributed by atoms with van der Waals surface area (Å²) in [6, 6.07) is 18.6. The number of carbonyl (C=O) groups is 1. The van der Waals surface area contributed by atoms with Gasteiger partial charge < -0.3 is 5.32 Å². The highest BCUT2D eigenvalue weighted by molar-refractivity contribution is 7.92. The van der Waals surface area contributed by atoms with Crippen LogP contribution < -0.4 is 10.0 Å². The van der Waals surface area contributed by atoms with E-state index >= 15 is 0 Å². The van der Waals surface area contributed by atoms with Gasteiger partial charge in [0.25, 0.3) is 15.9 Å². The van der Waals surface area contributed by atoms with Crippen LogP contribution in [0.4, 0.5) is 10.1 Å². The molecule has 3 aromatic rings. The predicted octanol–water partition coefficient (Wildman–Crippen LogP) is 4.82. The molecule has 0 fully saturated rings. The van der Waals surface area contributed by atoms with Crippen molar-refractivity contribution in [3.63, 3.8) is 0 Å². The Morgan fingerprint density at radius 2 is 1.43 bits per heavy atom. The highest BCUT2D eigenvalue weighted by Gasteiger charge is 2.15. The molecule has 7 heteroatoms. The maximum atomic E-state index is 13.1. The molecule has 0 aromatic heterocycles. The van der Waals surface area contributed by atoms with Crippen LogP contribution in [0.2, 0.25) is 0 Å². The summed E-state index contributed by atoms with van der Waals surface area (Å²) in [7, 11) is -3.78. The molecule has 0 radical (unpaired) electrons. The molecular weight excluding hydrogens is 403 g/mol. The van der Waals surface area contributed by atoms with Gasteiger partial charge in [0.2, 0.25) is 0 Å². The highest BCUT2D eigenvalue weighted by atomic mass is 32.2. The average Bonchev–Trinajstić information content (AvgIpc) is 2.75. The van der Waals surface area contributed by atoms with Gasteiger partial charge in [0, 0.05) is 17.8 Å². The smallest absolute Gasteiger partial charge is 0.261 e. The Morgan fingerprint density at radius 1 is 0.867 bits per heavy atom. The van der Waals surface area contributed by atoms with Gasteiger partial charge in [0.1, 0.15) is 5.82 Å². The number of halogens is 1. The Kier molecular flexibility index (Phi) is 6.84. The SMILES string of the molecule is CCCCNC(=O)c1ccc(NS(=O)(=O)c2ccc(-c3ccc(F)cc3)cc2)cc1. The molecule has 1 amide bonds. The predicted molar refractivity (Wildman–Crippen MR) is 116 cm³/mol. The zero-order valence-corrected chi connectivity index (χ0v) is 17.4. The van der Waals surface area contributed by atoms with Crippen molar-refractivity contribution in [1.82, 2.24) is 5.32 Å². The number of anilines is 1. The van der Waals surface area contributed by atoms with Gasteiger partial charge in [0.05, 0.1) is 4.90 Å². The third kappa shape index (κ3) is 5.45. The summed E-state index contributed by atoms with van der Waals surface area (Å²) >= 11 is 0. The molecule has 0 aliphatic rings. The molecule has 156 valence electrons. The zero-order chi connectivity index (χ0) is 21.6. The summed E-state index contributed by atoms with van der Waals surface area (Å²) in [5, 5.41) is 2.82. The van der Waals surface area contributed by atoms with Crippen LogP contribution in [-0.4, -0.2) is 20.9 Å². The third-order valence-corrected chi connectivity index (χ3v) is 5.95. The Hall–Kier alpha value is -3.19. The lowest BCUT2D eigenvalue weighted by molar-refractivity contribution is 0.0953. The van der Waals surface area contributed by atoms with Gasteiger partial charge in [-0.15, -0.1) is 0 Å². The summed E-state index contributed by atoms with van der Waals surface area (Å²) in [5.74, 6) is -0.513. The van der Waals surface area contributed by atoms with E-state index in [1.807, 2.05) is 6.92 Å². The first-order valence-electron chi connectivity index (χ1n) is 9.66. The zero-order valence-electron chi connectivity index (χ0n) is 16.6. The molecule has 30 heavy (non-hydrogen) atoms. The van der Waals surface area contributed by atoms with Crippen LogP contribution in [0.5, 0.6) is 0 Å². The van der Waals surface area contributed by atoms with Gasteiger partial charge >= 0.3 is 0 Å². The Labute approximate surface area is 176 Å². The molecule has 0 atom stereocenters. The summed E-state index contributed by atoms with van der Waals surface area (Å²) < 4.78 is 40.9. The lowest BCUT2D eigenvalue weighted by Gasteiger charge is -2.10. The van der Waals surface area contributed by atoms with E-state index < -0.39 is 10.0 Å². The topological polar surface area (TPSA) is 75.3 Å². The van der Waals surface area contributed by atoms with E-state index in [-0.39, 0.29) is 16.6 Å². The number of amides is 1. The average molecular weight is 427 g/mol. The van der Waals surface area contributed by atoms with Crippen molar-refractivity contribution in [3.05, 3.63) is 84.2 Å². The van der Waals surface area contributed by atoms with Crippen molar-refractivity contribution < 1.29 is 17.6 Å². The fraction of sp³-hybridized carbons (Fsp3) is 0.174. The molecule has 0 saturated heterocycles. The minimum absolute atomic E-state index is 0.106. The van der Waals surface area contributed by atoms with Gasteiger partial charge in [-0.05, 0) is 66.1 Å². The number of unbranched alkanes of at least 4 members (excludes halogenated alkanes) is 1. The van der Waals surface area contributed by atoms with Crippen LogP contribution >= 0.6 is 0 Å². The van der Waals surface area contributed by atoms with Crippen LogP contribution in [-0.2, 0) is 10.0 Å².